The van der Waals surface area contributed by atoms with Crippen molar-refractivity contribution in [2.24, 2.45) is 0 Å². The lowest BCUT2D eigenvalue weighted by Gasteiger charge is -2.13. The first kappa shape index (κ1) is 59.2. The largest absolute Gasteiger partial charge is 0.463 e. The zero-order valence-electron chi connectivity index (χ0n) is 38.8. The molecule has 0 aromatic carbocycles. The third kappa shape index (κ3) is 42.5. The summed E-state index contributed by atoms with van der Waals surface area (Å²) in [6, 6.07) is 0. The van der Waals surface area contributed by atoms with E-state index in [2.05, 4.69) is 38.2 Å². The first-order valence-electron chi connectivity index (χ1n) is 24.2. The van der Waals surface area contributed by atoms with Gasteiger partial charge < -0.3 is 28.4 Å². The summed E-state index contributed by atoms with van der Waals surface area (Å²) >= 11 is 0. The zero-order chi connectivity index (χ0) is 45.6. The summed E-state index contributed by atoms with van der Waals surface area (Å²) in [5.74, 6) is -3.00. The van der Waals surface area contributed by atoms with Gasteiger partial charge in [0.05, 0.1) is 32.8 Å². The Kier molecular flexibility index (Phi) is 42.8. The van der Waals surface area contributed by atoms with Crippen molar-refractivity contribution in [3.8, 4) is 0 Å². The van der Waals surface area contributed by atoms with Crippen LogP contribution in [0.15, 0.2) is 24.3 Å². The Morgan fingerprint density at radius 1 is 0.419 bits per heavy atom. The van der Waals surface area contributed by atoms with E-state index >= 15 is 0 Å². The Bertz CT molecular complexity index is 1250. The van der Waals surface area contributed by atoms with Gasteiger partial charge in [0.25, 0.3) is 10.1 Å². The van der Waals surface area contributed by atoms with Crippen LogP contribution in [-0.4, -0.2) is 95.0 Å². The van der Waals surface area contributed by atoms with Crippen LogP contribution in [0.5, 0.6) is 0 Å². The number of rotatable bonds is 46. The van der Waals surface area contributed by atoms with Crippen molar-refractivity contribution in [1.82, 2.24) is 0 Å². The summed E-state index contributed by atoms with van der Waals surface area (Å²) < 4.78 is 63.7. The second-order valence-corrected chi connectivity index (χ2v) is 17.5. The Morgan fingerprint density at radius 3 is 1.08 bits per heavy atom. The topological polar surface area (TPSA) is 178 Å². The Labute approximate surface area is 375 Å². The zero-order valence-corrected chi connectivity index (χ0v) is 39.6. The van der Waals surface area contributed by atoms with Gasteiger partial charge in [-0.3, -0.25) is 23.7 Å². The molecule has 362 valence electrons. The van der Waals surface area contributed by atoms with Crippen molar-refractivity contribution in [3.63, 3.8) is 0 Å². The van der Waals surface area contributed by atoms with Crippen molar-refractivity contribution >= 4 is 34.0 Å². The van der Waals surface area contributed by atoms with Crippen LogP contribution in [0.2, 0.25) is 0 Å². The summed E-state index contributed by atoms with van der Waals surface area (Å²) in [5.41, 5.74) is 0. The molecule has 1 atom stereocenters. The molecule has 0 amide bonds. The lowest BCUT2D eigenvalue weighted by Crippen LogP contribution is -2.35. The number of carbonyl (C=O) groups excluding carboxylic acids is 4. The SMILES string of the molecule is CCCCCCCC/C=C\CCCCCCCC(=O)OCCOCCOC(=O)CC(C(=O)OCCOCCOC(=O)CCCCCCC/C=C\CCCCCCCC)S(=O)(=O)O. The van der Waals surface area contributed by atoms with E-state index in [9.17, 15) is 32.1 Å². The van der Waals surface area contributed by atoms with Gasteiger partial charge in [0, 0.05) is 12.8 Å². The van der Waals surface area contributed by atoms with Gasteiger partial charge in [-0.1, -0.05) is 141 Å². The van der Waals surface area contributed by atoms with Crippen LogP contribution in [0.3, 0.4) is 0 Å². The molecule has 62 heavy (non-hydrogen) atoms. The highest BCUT2D eigenvalue weighted by Gasteiger charge is 2.35. The molecule has 0 fully saturated rings. The second kappa shape index (κ2) is 44.8. The molecule has 0 aromatic heterocycles. The molecule has 0 saturated carbocycles. The highest BCUT2D eigenvalue weighted by atomic mass is 32.2. The third-order valence-electron chi connectivity index (χ3n) is 10.2. The van der Waals surface area contributed by atoms with E-state index in [1.54, 1.807) is 0 Å². The van der Waals surface area contributed by atoms with Crippen molar-refractivity contribution < 1.29 is 60.6 Å². The third-order valence-corrected chi connectivity index (χ3v) is 11.3. The Balaban J connectivity index is 3.80. The minimum absolute atomic E-state index is 0.0182. The summed E-state index contributed by atoms with van der Waals surface area (Å²) in [7, 11) is -4.97. The van der Waals surface area contributed by atoms with E-state index in [0.717, 1.165) is 77.0 Å². The molecule has 0 aliphatic rings. The molecule has 1 N–H and O–H groups in total. The molecule has 0 spiro atoms. The number of allylic oxidation sites excluding steroid dienone is 4. The van der Waals surface area contributed by atoms with Crippen molar-refractivity contribution in [1.29, 1.82) is 0 Å². The number of ether oxygens (including phenoxy) is 6. The fourth-order valence-electron chi connectivity index (χ4n) is 6.49. The van der Waals surface area contributed by atoms with Crippen LogP contribution in [0, 0.1) is 0 Å². The Morgan fingerprint density at radius 2 is 0.726 bits per heavy atom. The number of hydrogen-bond acceptors (Lipinski definition) is 12. The van der Waals surface area contributed by atoms with Gasteiger partial charge in [-0.15, -0.1) is 0 Å². The van der Waals surface area contributed by atoms with Crippen LogP contribution in [0.1, 0.15) is 200 Å². The van der Waals surface area contributed by atoms with Gasteiger partial charge in [0.2, 0.25) is 0 Å². The maximum absolute atomic E-state index is 12.3. The molecule has 0 aliphatic heterocycles. The fourth-order valence-corrected chi connectivity index (χ4v) is 7.14. The van der Waals surface area contributed by atoms with Gasteiger partial charge in [-0.25, -0.2) is 0 Å². The number of unbranched alkanes of at least 4 members (excludes halogenated alkanes) is 22. The first-order chi connectivity index (χ1) is 30.1. The minimum atomic E-state index is -4.97. The van der Waals surface area contributed by atoms with Crippen molar-refractivity contribution in [2.45, 2.75) is 205 Å². The minimum Gasteiger partial charge on any atom is -0.463 e. The molecule has 14 heteroatoms. The maximum atomic E-state index is 12.3. The molecule has 0 aliphatic carbocycles. The lowest BCUT2D eigenvalue weighted by molar-refractivity contribution is -0.152. The van der Waals surface area contributed by atoms with Crippen LogP contribution < -0.4 is 0 Å². The van der Waals surface area contributed by atoms with Crippen LogP contribution >= 0.6 is 0 Å². The van der Waals surface area contributed by atoms with Crippen LogP contribution in [0.4, 0.5) is 0 Å². The summed E-state index contributed by atoms with van der Waals surface area (Å²) in [6.07, 6.45) is 39.6. The highest BCUT2D eigenvalue weighted by Crippen LogP contribution is 2.13. The predicted molar refractivity (Wildman–Crippen MR) is 244 cm³/mol. The van der Waals surface area contributed by atoms with Gasteiger partial charge in [0.15, 0.2) is 5.25 Å². The molecule has 0 aromatic rings. The first-order valence-corrected chi connectivity index (χ1v) is 25.7. The van der Waals surface area contributed by atoms with E-state index in [0.29, 0.717) is 12.8 Å². The Hall–Kier alpha value is -2.81. The molecule has 0 rings (SSSR count). The van der Waals surface area contributed by atoms with Gasteiger partial charge in [-0.05, 0) is 64.2 Å². The van der Waals surface area contributed by atoms with Crippen LogP contribution in [-0.2, 0) is 57.7 Å². The summed E-state index contributed by atoms with van der Waals surface area (Å²) in [6.45, 7) is 3.90. The number of esters is 4. The monoisotopic (exact) mass is 903 g/mol. The molecular weight excluding hydrogens is 817 g/mol. The van der Waals surface area contributed by atoms with E-state index in [-0.39, 0.29) is 64.8 Å². The molecule has 0 heterocycles. The average molecular weight is 903 g/mol. The van der Waals surface area contributed by atoms with Gasteiger partial charge in [-0.2, -0.15) is 8.42 Å². The normalized spacial score (nSPS) is 12.2. The molecule has 0 saturated heterocycles. The quantitative estimate of drug-likeness (QED) is 0.0201. The smallest absolute Gasteiger partial charge is 0.327 e. The van der Waals surface area contributed by atoms with Crippen molar-refractivity contribution in [2.75, 3.05) is 52.9 Å². The molecule has 13 nitrogen and oxygen atoms in total. The summed E-state index contributed by atoms with van der Waals surface area (Å²) in [5, 5.41) is -2.17. The fraction of sp³-hybridized carbons (Fsp3) is 0.833. The number of hydrogen-bond donors (Lipinski definition) is 1. The highest BCUT2D eigenvalue weighted by molar-refractivity contribution is 7.87. The standard InChI is InChI=1S/C48H86O13S/c1-3-5-7-9-11-13-15-17-19-21-23-25-27-29-31-33-45(49)58-39-35-56-37-41-60-47(51)43-44(62(53,54)55)48(52)61-42-38-57-36-40-59-46(50)34-32-30-28-26-24-22-20-18-16-14-12-10-8-6-4-2/h17-20,44H,3-16,21-43H2,1-2H3,(H,53,54,55)/b19-17-,20-18-. The van der Waals surface area contributed by atoms with E-state index in [4.69, 9.17) is 28.4 Å². The van der Waals surface area contributed by atoms with Gasteiger partial charge in [0.1, 0.15) is 26.4 Å². The summed E-state index contributed by atoms with van der Waals surface area (Å²) in [4.78, 5) is 48.4. The van der Waals surface area contributed by atoms with Gasteiger partial charge >= 0.3 is 23.9 Å². The molecule has 1 unspecified atom stereocenters. The van der Waals surface area contributed by atoms with Crippen LogP contribution in [0.25, 0.3) is 0 Å². The molecule has 0 radical (unpaired) electrons. The van der Waals surface area contributed by atoms with Crippen molar-refractivity contribution in [3.05, 3.63) is 24.3 Å². The number of carbonyl (C=O) groups is 4. The van der Waals surface area contributed by atoms with E-state index in [1.807, 2.05) is 0 Å². The predicted octanol–water partition coefficient (Wildman–Crippen LogP) is 10.9. The maximum Gasteiger partial charge on any atom is 0.327 e. The lowest BCUT2D eigenvalue weighted by atomic mass is 10.1. The average Bonchev–Trinajstić information content (AvgIpc) is 3.24. The van der Waals surface area contributed by atoms with E-state index < -0.39 is 33.7 Å². The van der Waals surface area contributed by atoms with E-state index in [1.165, 1.54) is 89.9 Å². The molecule has 0 bridgehead atoms. The molecular formula is C48H86O13S. The second-order valence-electron chi connectivity index (χ2n) is 15.9.